The van der Waals surface area contributed by atoms with E-state index in [0.29, 0.717) is 16.9 Å². The van der Waals surface area contributed by atoms with Crippen LogP contribution in [0.4, 0.5) is 5.69 Å². The first-order valence-corrected chi connectivity index (χ1v) is 11.3. The maximum Gasteiger partial charge on any atom is 0.326 e. The molecule has 0 saturated heterocycles. The minimum absolute atomic E-state index is 0.0503. The Morgan fingerprint density at radius 1 is 0.972 bits per heavy atom. The molecule has 8 heteroatoms. The van der Waals surface area contributed by atoms with Crippen molar-refractivity contribution in [2.45, 2.75) is 26.0 Å². The van der Waals surface area contributed by atoms with E-state index in [-0.39, 0.29) is 18.7 Å². The second-order valence-corrected chi connectivity index (χ2v) is 8.38. The highest BCUT2D eigenvalue weighted by Crippen LogP contribution is 2.25. The number of nitro groups is 1. The Morgan fingerprint density at radius 2 is 1.69 bits per heavy atom. The lowest BCUT2D eigenvalue weighted by Crippen LogP contribution is -2.42. The van der Waals surface area contributed by atoms with Crippen molar-refractivity contribution in [3.05, 3.63) is 117 Å². The second kappa shape index (κ2) is 10.7. The SMILES string of the molecule is Cc1c(COc2ccc3cc(C(=O)NC(Cc4ccccc4)C(=O)O)ccc3c2)cccc1[N+](=O)[O-]. The molecule has 36 heavy (non-hydrogen) atoms. The van der Waals surface area contributed by atoms with E-state index in [1.807, 2.05) is 36.4 Å². The van der Waals surface area contributed by atoms with Gasteiger partial charge in [0, 0.05) is 23.6 Å². The smallest absolute Gasteiger partial charge is 0.326 e. The van der Waals surface area contributed by atoms with Gasteiger partial charge in [-0.15, -0.1) is 0 Å². The highest BCUT2D eigenvalue weighted by Gasteiger charge is 2.21. The Morgan fingerprint density at radius 3 is 2.42 bits per heavy atom. The van der Waals surface area contributed by atoms with E-state index in [1.165, 1.54) is 6.07 Å². The van der Waals surface area contributed by atoms with Gasteiger partial charge in [-0.25, -0.2) is 4.79 Å². The highest BCUT2D eigenvalue weighted by atomic mass is 16.6. The van der Waals surface area contributed by atoms with Gasteiger partial charge in [0.15, 0.2) is 0 Å². The fourth-order valence-corrected chi connectivity index (χ4v) is 3.93. The first-order chi connectivity index (χ1) is 17.3. The normalized spacial score (nSPS) is 11.6. The summed E-state index contributed by atoms with van der Waals surface area (Å²) in [5, 5.41) is 24.9. The molecule has 4 rings (SSSR count). The summed E-state index contributed by atoms with van der Waals surface area (Å²) >= 11 is 0. The Kier molecular flexibility index (Phi) is 7.25. The lowest BCUT2D eigenvalue weighted by Gasteiger charge is -2.15. The van der Waals surface area contributed by atoms with E-state index in [1.54, 1.807) is 49.4 Å². The number of benzene rings is 4. The number of fused-ring (bicyclic) bond motifs is 1. The first-order valence-electron chi connectivity index (χ1n) is 11.3. The van der Waals surface area contributed by atoms with Crippen LogP contribution in [0.3, 0.4) is 0 Å². The molecule has 0 saturated carbocycles. The summed E-state index contributed by atoms with van der Waals surface area (Å²) in [6, 6.07) is 23.4. The predicted molar refractivity (Wildman–Crippen MR) is 135 cm³/mol. The molecule has 0 aliphatic carbocycles. The second-order valence-electron chi connectivity index (χ2n) is 8.38. The van der Waals surface area contributed by atoms with E-state index < -0.39 is 22.8 Å². The molecular formula is C28H24N2O6. The molecule has 1 unspecified atom stereocenters. The lowest BCUT2D eigenvalue weighted by molar-refractivity contribution is -0.385. The molecule has 0 bridgehead atoms. The molecule has 2 N–H and O–H groups in total. The van der Waals surface area contributed by atoms with Gasteiger partial charge in [-0.05, 0) is 53.1 Å². The van der Waals surface area contributed by atoms with Crippen LogP contribution < -0.4 is 10.1 Å². The number of hydrogen-bond acceptors (Lipinski definition) is 5. The molecule has 0 heterocycles. The molecule has 0 aromatic heterocycles. The number of carboxylic acid groups (broad SMARTS) is 1. The number of carboxylic acids is 1. The van der Waals surface area contributed by atoms with Gasteiger partial charge in [-0.3, -0.25) is 14.9 Å². The Hall–Kier alpha value is -4.72. The maximum absolute atomic E-state index is 12.8. The van der Waals surface area contributed by atoms with Crippen molar-refractivity contribution in [2.24, 2.45) is 0 Å². The zero-order valence-corrected chi connectivity index (χ0v) is 19.5. The summed E-state index contributed by atoms with van der Waals surface area (Å²) in [7, 11) is 0. The molecule has 0 aliphatic rings. The third kappa shape index (κ3) is 5.67. The largest absolute Gasteiger partial charge is 0.489 e. The van der Waals surface area contributed by atoms with Crippen molar-refractivity contribution >= 4 is 28.3 Å². The molecular weight excluding hydrogens is 460 g/mol. The molecule has 0 radical (unpaired) electrons. The maximum atomic E-state index is 12.8. The molecule has 8 nitrogen and oxygen atoms in total. The average molecular weight is 485 g/mol. The van der Waals surface area contributed by atoms with E-state index in [2.05, 4.69) is 5.32 Å². The summed E-state index contributed by atoms with van der Waals surface area (Å²) < 4.78 is 5.86. The number of amides is 1. The van der Waals surface area contributed by atoms with Gasteiger partial charge in [0.1, 0.15) is 18.4 Å². The van der Waals surface area contributed by atoms with Gasteiger partial charge in [-0.2, -0.15) is 0 Å². The van der Waals surface area contributed by atoms with Gasteiger partial charge >= 0.3 is 5.97 Å². The van der Waals surface area contributed by atoms with Crippen LogP contribution in [0.25, 0.3) is 10.8 Å². The Labute approximate surface area is 207 Å². The van der Waals surface area contributed by atoms with Crippen LogP contribution in [0.5, 0.6) is 5.75 Å². The number of hydrogen-bond donors (Lipinski definition) is 2. The zero-order chi connectivity index (χ0) is 25.7. The Bertz CT molecular complexity index is 1430. The molecule has 182 valence electrons. The van der Waals surface area contributed by atoms with Crippen LogP contribution in [0.15, 0.2) is 84.9 Å². The summed E-state index contributed by atoms with van der Waals surface area (Å²) in [4.78, 5) is 35.2. The third-order valence-electron chi connectivity index (χ3n) is 5.97. The zero-order valence-electron chi connectivity index (χ0n) is 19.5. The number of aliphatic carboxylic acids is 1. The molecule has 4 aromatic carbocycles. The fourth-order valence-electron chi connectivity index (χ4n) is 3.93. The number of nitrogens with zero attached hydrogens (tertiary/aromatic N) is 1. The number of nitrogens with one attached hydrogen (secondary N) is 1. The fraction of sp³-hybridized carbons (Fsp3) is 0.143. The third-order valence-corrected chi connectivity index (χ3v) is 5.97. The minimum Gasteiger partial charge on any atom is -0.489 e. The van der Waals surface area contributed by atoms with Crippen LogP contribution in [0.1, 0.15) is 27.0 Å². The number of carbonyl (C=O) groups excluding carboxylic acids is 1. The van der Waals surface area contributed by atoms with E-state index >= 15 is 0 Å². The summed E-state index contributed by atoms with van der Waals surface area (Å²) in [5.74, 6) is -0.991. The van der Waals surface area contributed by atoms with Crippen molar-refractivity contribution < 1.29 is 24.4 Å². The summed E-state index contributed by atoms with van der Waals surface area (Å²) in [5.41, 5.74) is 2.50. The number of nitro benzene ring substituents is 1. The van der Waals surface area contributed by atoms with Crippen LogP contribution >= 0.6 is 0 Å². The van der Waals surface area contributed by atoms with E-state index in [9.17, 15) is 24.8 Å². The van der Waals surface area contributed by atoms with Crippen LogP contribution in [0, 0.1) is 17.0 Å². The molecule has 0 spiro atoms. The van der Waals surface area contributed by atoms with Crippen molar-refractivity contribution in [3.63, 3.8) is 0 Å². The van der Waals surface area contributed by atoms with Crippen LogP contribution in [0.2, 0.25) is 0 Å². The molecule has 4 aromatic rings. The molecule has 1 amide bonds. The number of rotatable bonds is 9. The van der Waals surface area contributed by atoms with Crippen molar-refractivity contribution in [1.82, 2.24) is 5.32 Å². The van der Waals surface area contributed by atoms with Crippen LogP contribution in [-0.2, 0) is 17.8 Å². The van der Waals surface area contributed by atoms with Crippen molar-refractivity contribution in [2.75, 3.05) is 0 Å². The van der Waals surface area contributed by atoms with Crippen molar-refractivity contribution in [3.8, 4) is 5.75 Å². The quantitative estimate of drug-likeness (QED) is 0.253. The van der Waals surface area contributed by atoms with Gasteiger partial charge in [-0.1, -0.05) is 54.6 Å². The number of ether oxygens (including phenoxy) is 1. The first kappa shape index (κ1) is 24.4. The van der Waals surface area contributed by atoms with Gasteiger partial charge in [0.05, 0.1) is 4.92 Å². The lowest BCUT2D eigenvalue weighted by atomic mass is 10.0. The van der Waals surface area contributed by atoms with E-state index in [4.69, 9.17) is 4.74 Å². The van der Waals surface area contributed by atoms with Gasteiger partial charge in [0.2, 0.25) is 0 Å². The van der Waals surface area contributed by atoms with Crippen LogP contribution in [-0.4, -0.2) is 27.9 Å². The van der Waals surface area contributed by atoms with Gasteiger partial charge < -0.3 is 15.2 Å². The number of carbonyl (C=O) groups is 2. The minimum atomic E-state index is -1.10. The van der Waals surface area contributed by atoms with Gasteiger partial charge in [0.25, 0.3) is 11.6 Å². The predicted octanol–water partition coefficient (Wildman–Crippen LogP) is 5.06. The molecule has 0 aliphatic heterocycles. The molecule has 0 fully saturated rings. The average Bonchev–Trinajstić information content (AvgIpc) is 2.87. The topological polar surface area (TPSA) is 119 Å². The van der Waals surface area contributed by atoms with Crippen molar-refractivity contribution in [1.29, 1.82) is 0 Å². The monoisotopic (exact) mass is 484 g/mol. The van der Waals surface area contributed by atoms with E-state index in [0.717, 1.165) is 21.9 Å². The standard InChI is InChI=1S/C28H24N2O6/c1-18-23(8-5-9-26(18)30(34)35)17-36-24-13-12-20-15-22(11-10-21(20)16-24)27(31)29-25(28(32)33)14-19-6-3-2-4-7-19/h2-13,15-16,25H,14,17H2,1H3,(H,29,31)(H,32,33). The Balaban J connectivity index is 1.46. The summed E-state index contributed by atoms with van der Waals surface area (Å²) in [6.45, 7) is 1.87. The molecule has 1 atom stereocenters. The highest BCUT2D eigenvalue weighted by molar-refractivity contribution is 6.00. The summed E-state index contributed by atoms with van der Waals surface area (Å²) in [6.07, 6.45) is 0.181.